The lowest BCUT2D eigenvalue weighted by Gasteiger charge is -1.98. The number of methoxy groups -OCH3 is 1. The Bertz CT molecular complexity index is 679. The van der Waals surface area contributed by atoms with E-state index in [9.17, 15) is 4.79 Å². The summed E-state index contributed by atoms with van der Waals surface area (Å²) in [4.78, 5) is 15.0. The maximum Gasteiger partial charge on any atom is 0.346 e. The second kappa shape index (κ2) is 4.59. The number of nitriles is 1. The van der Waals surface area contributed by atoms with Crippen LogP contribution in [-0.4, -0.2) is 27.6 Å². The molecular formula is C12H9N3O3. The molecular weight excluding hydrogens is 234 g/mol. The van der Waals surface area contributed by atoms with E-state index in [2.05, 4.69) is 4.98 Å². The van der Waals surface area contributed by atoms with E-state index in [0.717, 1.165) is 0 Å². The van der Waals surface area contributed by atoms with Gasteiger partial charge in [-0.1, -0.05) is 6.07 Å². The van der Waals surface area contributed by atoms with Crippen LogP contribution in [0.2, 0.25) is 0 Å². The lowest BCUT2D eigenvalue weighted by atomic mass is 10.2. The van der Waals surface area contributed by atoms with Gasteiger partial charge in [0.25, 0.3) is 0 Å². The van der Waals surface area contributed by atoms with Crippen LogP contribution in [0.5, 0.6) is 5.88 Å². The van der Waals surface area contributed by atoms with Gasteiger partial charge in [-0.05, 0) is 18.2 Å². The molecule has 90 valence electrons. The highest BCUT2D eigenvalue weighted by molar-refractivity contribution is 5.96. The van der Waals surface area contributed by atoms with Crippen LogP contribution in [0.15, 0.2) is 30.0 Å². The van der Waals surface area contributed by atoms with Crippen LogP contribution in [0.4, 0.5) is 0 Å². The van der Waals surface area contributed by atoms with E-state index < -0.39 is 5.97 Å². The molecule has 1 N–H and O–H groups in total. The summed E-state index contributed by atoms with van der Waals surface area (Å²) >= 11 is 0. The van der Waals surface area contributed by atoms with Gasteiger partial charge in [0.1, 0.15) is 23.0 Å². The van der Waals surface area contributed by atoms with Crippen LogP contribution in [0.1, 0.15) is 5.69 Å². The summed E-state index contributed by atoms with van der Waals surface area (Å²) in [6.07, 6.45) is 2.95. The Hall–Kier alpha value is -2.81. The zero-order valence-corrected chi connectivity index (χ0v) is 9.49. The van der Waals surface area contributed by atoms with Crippen molar-refractivity contribution in [3.63, 3.8) is 0 Å². The van der Waals surface area contributed by atoms with Gasteiger partial charge in [0, 0.05) is 6.20 Å². The number of ether oxygens (including phenoxy) is 1. The maximum atomic E-state index is 10.8. The van der Waals surface area contributed by atoms with Gasteiger partial charge in [-0.25, -0.2) is 4.79 Å². The van der Waals surface area contributed by atoms with Crippen molar-refractivity contribution < 1.29 is 14.6 Å². The number of fused-ring (bicyclic) bond motifs is 1. The summed E-state index contributed by atoms with van der Waals surface area (Å²) in [5, 5.41) is 17.6. The molecule has 0 saturated heterocycles. The molecule has 0 aliphatic rings. The highest BCUT2D eigenvalue weighted by atomic mass is 16.5. The monoisotopic (exact) mass is 243 g/mol. The number of imidazole rings is 1. The van der Waals surface area contributed by atoms with Gasteiger partial charge in [0.15, 0.2) is 0 Å². The Labute approximate surface area is 102 Å². The van der Waals surface area contributed by atoms with Crippen molar-refractivity contribution in [1.82, 2.24) is 9.38 Å². The number of aliphatic carboxylic acids is 1. The van der Waals surface area contributed by atoms with Crippen LogP contribution >= 0.6 is 0 Å². The number of nitrogens with zero attached hydrogens (tertiary/aromatic N) is 3. The zero-order chi connectivity index (χ0) is 13.1. The molecule has 2 aromatic rings. The van der Waals surface area contributed by atoms with Crippen molar-refractivity contribution in [2.75, 3.05) is 7.11 Å². The molecule has 6 nitrogen and oxygen atoms in total. The normalized spacial score (nSPS) is 11.2. The second-order valence-electron chi connectivity index (χ2n) is 3.41. The molecule has 0 atom stereocenters. The third kappa shape index (κ3) is 1.89. The van der Waals surface area contributed by atoms with Crippen LogP contribution < -0.4 is 4.74 Å². The lowest BCUT2D eigenvalue weighted by molar-refractivity contribution is -0.132. The summed E-state index contributed by atoms with van der Waals surface area (Å²) in [7, 11) is 1.44. The molecule has 0 bridgehead atoms. The average Bonchev–Trinajstić information content (AvgIpc) is 2.73. The molecule has 0 aromatic carbocycles. The highest BCUT2D eigenvalue weighted by Gasteiger charge is 2.14. The van der Waals surface area contributed by atoms with Crippen molar-refractivity contribution in [3.8, 4) is 11.9 Å². The van der Waals surface area contributed by atoms with Crippen molar-refractivity contribution in [2.24, 2.45) is 0 Å². The number of carboxylic acids is 1. The van der Waals surface area contributed by atoms with Crippen LogP contribution in [-0.2, 0) is 4.79 Å². The van der Waals surface area contributed by atoms with E-state index in [0.29, 0.717) is 11.3 Å². The van der Waals surface area contributed by atoms with Crippen molar-refractivity contribution in [1.29, 1.82) is 5.26 Å². The third-order valence-electron chi connectivity index (χ3n) is 2.36. The molecule has 0 aliphatic heterocycles. The van der Waals surface area contributed by atoms with Gasteiger partial charge in [-0.3, -0.25) is 4.40 Å². The average molecular weight is 243 g/mol. The van der Waals surface area contributed by atoms with E-state index in [-0.39, 0.29) is 11.5 Å². The summed E-state index contributed by atoms with van der Waals surface area (Å²) in [6, 6.07) is 6.96. The standard InChI is InChI=1S/C12H9N3O3/c1-18-11-9(6-8(7-13)12(16)17)15-5-3-2-4-10(15)14-11/h2-6H,1H3,(H,16,17)/b8-6+. The predicted octanol–water partition coefficient (Wildman–Crippen LogP) is 1.33. The summed E-state index contributed by atoms with van der Waals surface area (Å²) in [6.45, 7) is 0. The molecule has 0 spiro atoms. The number of hydrogen-bond donors (Lipinski definition) is 1. The number of carboxylic acid groups (broad SMARTS) is 1. The van der Waals surface area contributed by atoms with Crippen LogP contribution in [0, 0.1) is 11.3 Å². The Morgan fingerprint density at radius 2 is 2.39 bits per heavy atom. The van der Waals surface area contributed by atoms with E-state index >= 15 is 0 Å². The Balaban J connectivity index is 2.70. The van der Waals surface area contributed by atoms with Gasteiger partial charge < -0.3 is 9.84 Å². The van der Waals surface area contributed by atoms with Crippen molar-refractivity contribution >= 4 is 17.7 Å². The molecule has 0 saturated carbocycles. The van der Waals surface area contributed by atoms with Gasteiger partial charge in [-0.15, -0.1) is 0 Å². The molecule has 2 rings (SSSR count). The van der Waals surface area contributed by atoms with Gasteiger partial charge in [-0.2, -0.15) is 10.2 Å². The van der Waals surface area contributed by atoms with Gasteiger partial charge in [0.05, 0.1) is 7.11 Å². The second-order valence-corrected chi connectivity index (χ2v) is 3.41. The maximum absolute atomic E-state index is 10.8. The fourth-order valence-electron chi connectivity index (χ4n) is 1.55. The Morgan fingerprint density at radius 3 is 3.00 bits per heavy atom. The molecule has 0 amide bonds. The molecule has 0 unspecified atom stereocenters. The first-order valence-corrected chi connectivity index (χ1v) is 5.03. The van der Waals surface area contributed by atoms with Crippen molar-refractivity contribution in [3.05, 3.63) is 35.7 Å². The number of pyridine rings is 1. The van der Waals surface area contributed by atoms with E-state index in [4.69, 9.17) is 15.1 Å². The quantitative estimate of drug-likeness (QED) is 0.649. The molecule has 6 heteroatoms. The zero-order valence-electron chi connectivity index (χ0n) is 9.49. The van der Waals surface area contributed by atoms with E-state index in [1.807, 2.05) is 0 Å². The third-order valence-corrected chi connectivity index (χ3v) is 2.36. The topological polar surface area (TPSA) is 87.6 Å². The van der Waals surface area contributed by atoms with Gasteiger partial charge in [0.2, 0.25) is 5.88 Å². The first kappa shape index (κ1) is 11.7. The molecule has 0 fully saturated rings. The molecule has 0 aliphatic carbocycles. The molecule has 18 heavy (non-hydrogen) atoms. The number of aromatic nitrogens is 2. The molecule has 0 radical (unpaired) electrons. The minimum Gasteiger partial charge on any atom is -0.479 e. The number of hydrogen-bond acceptors (Lipinski definition) is 4. The summed E-state index contributed by atoms with van der Waals surface area (Å²) < 4.78 is 6.73. The Morgan fingerprint density at radius 1 is 1.61 bits per heavy atom. The first-order valence-electron chi connectivity index (χ1n) is 5.03. The van der Waals surface area contributed by atoms with Crippen LogP contribution in [0.25, 0.3) is 11.7 Å². The largest absolute Gasteiger partial charge is 0.479 e. The van der Waals surface area contributed by atoms with Gasteiger partial charge >= 0.3 is 5.97 Å². The minimum atomic E-state index is -1.29. The van der Waals surface area contributed by atoms with Crippen LogP contribution in [0.3, 0.4) is 0 Å². The minimum absolute atomic E-state index is 0.273. The van der Waals surface area contributed by atoms with E-state index in [1.165, 1.54) is 13.2 Å². The van der Waals surface area contributed by atoms with Crippen molar-refractivity contribution in [2.45, 2.75) is 0 Å². The number of carbonyl (C=O) groups is 1. The summed E-state index contributed by atoms with van der Waals surface area (Å²) in [5.41, 5.74) is 0.661. The fourth-order valence-corrected chi connectivity index (χ4v) is 1.55. The number of rotatable bonds is 3. The fraction of sp³-hybridized carbons (Fsp3) is 0.0833. The SMILES string of the molecule is COc1nc2ccccn2c1/C=C(\C#N)C(=O)O. The Kier molecular flexibility index (Phi) is 2.98. The first-order chi connectivity index (χ1) is 8.67. The molecule has 2 heterocycles. The smallest absolute Gasteiger partial charge is 0.346 e. The molecule has 2 aromatic heterocycles. The van der Waals surface area contributed by atoms with E-state index in [1.54, 1.807) is 34.9 Å². The summed E-state index contributed by atoms with van der Waals surface area (Å²) in [5.74, 6) is -1.01. The predicted molar refractivity (Wildman–Crippen MR) is 63.0 cm³/mol. The highest BCUT2D eigenvalue weighted by Crippen LogP contribution is 2.22. The lowest BCUT2D eigenvalue weighted by Crippen LogP contribution is -1.99.